The quantitative estimate of drug-likeness (QED) is 0.108. The van der Waals surface area contributed by atoms with E-state index < -0.39 is 102 Å². The zero-order chi connectivity index (χ0) is 51.0. The van der Waals surface area contributed by atoms with Gasteiger partial charge in [-0.05, 0) is 82.1 Å². The lowest BCUT2D eigenvalue weighted by molar-refractivity contribution is -0.188. The minimum Gasteiger partial charge on any atom is -0.497 e. The number of pyridine rings is 1. The molecule has 1 saturated heterocycles. The molecule has 0 aliphatic carbocycles. The molecule has 2 amide bonds. The van der Waals surface area contributed by atoms with Crippen LogP contribution in [0.3, 0.4) is 0 Å². The SMILES string of the molecule is COc1ccc(CN(Cc2ccc(OC)cc2)S(=O)(=O)c2c(S(=O)(=O)C3CN(C(=O)C(F)(F)F)C3)ccc(-c3cccn4cc(NC(=O)C(F)(F)F)nc34)c2-c2nnn(Cc3ccc(OC)cc3)n2)cc1. The van der Waals surface area contributed by atoms with Crippen LogP contribution in [-0.2, 0) is 49.1 Å². The van der Waals surface area contributed by atoms with Crippen molar-refractivity contribution in [3.05, 3.63) is 126 Å². The molecule has 0 atom stereocenters. The standard InChI is InChI=1S/C45H39F6N9O9S2/c1-67-30-12-6-27(7-13-30)21-59(22-28-8-14-31(68-2)15-9-28)71(65,66)39-36(70(63,64)33-24-58(25-33)43(62)45(49,50)51)19-18-34(35-5-4-20-57-26-37(52-41(35)57)53-42(61)44(46,47)48)38(39)40-54-56-60(55-40)23-29-10-16-32(69-3)17-11-29/h4-20,26,33H,21-25H2,1-3H3,(H,53,61). The van der Waals surface area contributed by atoms with Crippen molar-refractivity contribution in [3.8, 4) is 39.8 Å². The zero-order valence-corrected chi connectivity index (χ0v) is 39.0. The van der Waals surface area contributed by atoms with Gasteiger partial charge < -0.3 is 28.8 Å². The Hall–Kier alpha value is -7.58. The largest absolute Gasteiger partial charge is 0.497 e. The summed E-state index contributed by atoms with van der Waals surface area (Å²) in [5.74, 6) is -4.31. The number of nitrogens with zero attached hydrogens (tertiary/aromatic N) is 8. The Bertz CT molecular complexity index is 3300. The molecule has 8 rings (SSSR count). The van der Waals surface area contributed by atoms with Gasteiger partial charge in [0.05, 0.1) is 44.5 Å². The van der Waals surface area contributed by atoms with Crippen LogP contribution in [0.2, 0.25) is 0 Å². The fraction of sp³-hybridized carbons (Fsp3) is 0.244. The molecule has 4 heterocycles. The van der Waals surface area contributed by atoms with E-state index in [-0.39, 0.29) is 28.2 Å². The number of imidazole rings is 1. The van der Waals surface area contributed by atoms with Gasteiger partial charge in [0, 0.05) is 37.9 Å². The third-order valence-electron chi connectivity index (χ3n) is 11.3. The number of sulfonamides is 1. The molecule has 4 aromatic carbocycles. The van der Waals surface area contributed by atoms with Crippen LogP contribution in [0.25, 0.3) is 28.2 Å². The number of amides is 2. The minimum atomic E-state index is -5.34. The highest BCUT2D eigenvalue weighted by atomic mass is 32.2. The number of carbonyl (C=O) groups excluding carboxylic acids is 2. The van der Waals surface area contributed by atoms with Gasteiger partial charge in [0.1, 0.15) is 33.0 Å². The Labute approximate surface area is 400 Å². The summed E-state index contributed by atoms with van der Waals surface area (Å²) < 4.78 is 161. The van der Waals surface area contributed by atoms with E-state index in [4.69, 9.17) is 14.2 Å². The van der Waals surface area contributed by atoms with Gasteiger partial charge in [0.2, 0.25) is 15.8 Å². The third kappa shape index (κ3) is 10.3. The molecule has 1 N–H and O–H groups in total. The van der Waals surface area contributed by atoms with E-state index in [1.54, 1.807) is 78.1 Å². The lowest BCUT2D eigenvalue weighted by atomic mass is 10.00. The molecule has 7 aromatic rings. The Kier molecular flexibility index (Phi) is 13.6. The van der Waals surface area contributed by atoms with Gasteiger partial charge in [-0.25, -0.2) is 21.8 Å². The third-order valence-corrected chi connectivity index (χ3v) is 15.4. The molecule has 0 unspecified atom stereocenters. The van der Waals surface area contributed by atoms with Crippen LogP contribution >= 0.6 is 0 Å². The molecular formula is C45H39F6N9O9S2. The lowest BCUT2D eigenvalue weighted by Crippen LogP contribution is -2.60. The monoisotopic (exact) mass is 1030 g/mol. The maximum atomic E-state index is 16.0. The molecule has 3 aromatic heterocycles. The Morgan fingerprint density at radius 1 is 0.732 bits per heavy atom. The molecular weight excluding hydrogens is 989 g/mol. The molecule has 18 nitrogen and oxygen atoms in total. The fourth-order valence-electron chi connectivity index (χ4n) is 7.65. The summed E-state index contributed by atoms with van der Waals surface area (Å²) in [6, 6.07) is 24.2. The van der Waals surface area contributed by atoms with Crippen LogP contribution < -0.4 is 19.5 Å². The normalized spacial score (nSPS) is 13.6. The number of carbonyl (C=O) groups is 2. The number of halogens is 6. The molecule has 0 radical (unpaired) electrons. The van der Waals surface area contributed by atoms with Gasteiger partial charge in [0.25, 0.3) is 0 Å². The molecule has 1 aliphatic heterocycles. The number of tetrazole rings is 1. The first-order valence-electron chi connectivity index (χ1n) is 20.9. The van der Waals surface area contributed by atoms with Crippen molar-refractivity contribution in [2.75, 3.05) is 39.7 Å². The smallest absolute Gasteiger partial charge is 0.471 e. The first-order chi connectivity index (χ1) is 33.6. The number of ether oxygens (including phenoxy) is 3. The maximum Gasteiger partial charge on any atom is 0.471 e. The van der Waals surface area contributed by atoms with Crippen molar-refractivity contribution < 1.29 is 67.0 Å². The van der Waals surface area contributed by atoms with Gasteiger partial charge in [-0.3, -0.25) is 9.59 Å². The predicted octanol–water partition coefficient (Wildman–Crippen LogP) is 6.17. The number of hydrogen-bond donors (Lipinski definition) is 1. The average molecular weight is 1030 g/mol. The highest BCUT2D eigenvalue weighted by Gasteiger charge is 2.51. The Morgan fingerprint density at radius 2 is 1.28 bits per heavy atom. The second-order valence-electron chi connectivity index (χ2n) is 15.9. The summed E-state index contributed by atoms with van der Waals surface area (Å²) in [5.41, 5.74) is 0.527. The summed E-state index contributed by atoms with van der Waals surface area (Å²) >= 11 is 0. The number of likely N-dealkylation sites (tertiary alicyclic amines) is 1. The second-order valence-corrected chi connectivity index (χ2v) is 20.0. The fourth-order valence-corrected chi connectivity index (χ4v) is 11.7. The average Bonchev–Trinajstić information content (AvgIpc) is 3.97. The van der Waals surface area contributed by atoms with E-state index >= 15 is 8.42 Å². The number of rotatable bonds is 16. The molecule has 26 heteroatoms. The van der Waals surface area contributed by atoms with Crippen molar-refractivity contribution in [2.45, 2.75) is 47.0 Å². The van der Waals surface area contributed by atoms with E-state index in [0.717, 1.165) is 27.4 Å². The second kappa shape index (κ2) is 19.3. The molecule has 0 saturated carbocycles. The number of benzene rings is 4. The van der Waals surface area contributed by atoms with Crippen molar-refractivity contribution >= 4 is 43.1 Å². The Morgan fingerprint density at radius 3 is 1.80 bits per heavy atom. The van der Waals surface area contributed by atoms with Gasteiger partial charge in [-0.15, -0.1) is 10.2 Å². The molecule has 0 bridgehead atoms. The van der Waals surface area contributed by atoms with Crippen LogP contribution in [0.1, 0.15) is 16.7 Å². The number of alkyl halides is 6. The number of anilines is 1. The minimum absolute atomic E-state index is 0.0376. The molecule has 0 spiro atoms. The van der Waals surface area contributed by atoms with Crippen LogP contribution in [0.15, 0.2) is 119 Å². The van der Waals surface area contributed by atoms with Gasteiger partial charge in [0.15, 0.2) is 15.7 Å². The van der Waals surface area contributed by atoms with E-state index in [1.807, 2.05) is 0 Å². The lowest BCUT2D eigenvalue weighted by Gasteiger charge is -2.39. The van der Waals surface area contributed by atoms with Gasteiger partial charge >= 0.3 is 24.2 Å². The first kappa shape index (κ1) is 49.8. The zero-order valence-electron chi connectivity index (χ0n) is 37.3. The van der Waals surface area contributed by atoms with Crippen LogP contribution in [0, 0.1) is 0 Å². The Balaban J connectivity index is 1.39. The van der Waals surface area contributed by atoms with E-state index in [2.05, 4.69) is 20.4 Å². The van der Waals surface area contributed by atoms with Crippen molar-refractivity contribution in [3.63, 3.8) is 0 Å². The van der Waals surface area contributed by atoms with Crippen LogP contribution in [-0.4, -0.2) is 119 Å². The molecule has 1 aliphatic rings. The summed E-state index contributed by atoms with van der Waals surface area (Å²) in [7, 11) is -5.98. The van der Waals surface area contributed by atoms with Crippen molar-refractivity contribution in [1.29, 1.82) is 0 Å². The molecule has 372 valence electrons. The van der Waals surface area contributed by atoms with E-state index in [0.29, 0.717) is 33.9 Å². The number of fused-ring (bicyclic) bond motifs is 1. The number of hydrogen-bond acceptors (Lipinski definition) is 13. The molecule has 1 fully saturated rings. The van der Waals surface area contributed by atoms with Crippen LogP contribution in [0.5, 0.6) is 17.2 Å². The van der Waals surface area contributed by atoms with Crippen molar-refractivity contribution in [2.24, 2.45) is 0 Å². The van der Waals surface area contributed by atoms with Gasteiger partial charge in [-0.1, -0.05) is 42.5 Å². The van der Waals surface area contributed by atoms with Gasteiger partial charge in [-0.2, -0.15) is 35.4 Å². The number of aromatic nitrogens is 6. The topological polar surface area (TPSA) is 210 Å². The number of sulfone groups is 1. The summed E-state index contributed by atoms with van der Waals surface area (Å²) in [4.78, 5) is 27.9. The highest BCUT2D eigenvalue weighted by Crippen LogP contribution is 2.44. The predicted molar refractivity (Wildman–Crippen MR) is 240 cm³/mol. The summed E-state index contributed by atoms with van der Waals surface area (Å²) in [5, 5.41) is 12.9. The number of nitrogens with one attached hydrogen (secondary N) is 1. The summed E-state index contributed by atoms with van der Waals surface area (Å²) in [6.45, 7) is -2.82. The van der Waals surface area contributed by atoms with Crippen LogP contribution in [0.4, 0.5) is 32.2 Å². The summed E-state index contributed by atoms with van der Waals surface area (Å²) in [6.07, 6.45) is -8.22. The van der Waals surface area contributed by atoms with E-state index in [9.17, 15) is 44.3 Å². The highest BCUT2D eigenvalue weighted by molar-refractivity contribution is 7.94. The first-order valence-corrected chi connectivity index (χ1v) is 23.9. The number of methoxy groups -OCH3 is 3. The molecule has 71 heavy (non-hydrogen) atoms. The maximum absolute atomic E-state index is 16.0. The van der Waals surface area contributed by atoms with Crippen molar-refractivity contribution in [1.82, 2.24) is 38.8 Å². The van der Waals surface area contributed by atoms with E-state index in [1.165, 1.54) is 44.1 Å².